The summed E-state index contributed by atoms with van der Waals surface area (Å²) in [5.74, 6) is 1.72. The van der Waals surface area contributed by atoms with Crippen molar-refractivity contribution in [3.63, 3.8) is 0 Å². The molecule has 0 heterocycles. The lowest BCUT2D eigenvalue weighted by Gasteiger charge is -2.35. The van der Waals surface area contributed by atoms with Crippen LogP contribution in [0.15, 0.2) is 0 Å². The lowest BCUT2D eigenvalue weighted by Crippen LogP contribution is -2.46. The molecule has 1 rings (SSSR count). The van der Waals surface area contributed by atoms with Gasteiger partial charge in [-0.3, -0.25) is 0 Å². The van der Waals surface area contributed by atoms with Crippen molar-refractivity contribution in [2.45, 2.75) is 77.9 Å². The smallest absolute Gasteiger partial charge is 0.132 e. The second-order valence-corrected chi connectivity index (χ2v) is 12.9. The highest BCUT2D eigenvalue weighted by Crippen LogP contribution is 2.39. The lowest BCUT2D eigenvalue weighted by atomic mass is 10.0. The highest BCUT2D eigenvalue weighted by molar-refractivity contribution is 7.06. The Balaban J connectivity index is 2.45. The van der Waals surface area contributed by atoms with Gasteiger partial charge in [-0.05, 0) is 29.7 Å². The van der Waals surface area contributed by atoms with Crippen LogP contribution in [-0.4, -0.2) is 13.5 Å². The van der Waals surface area contributed by atoms with Crippen molar-refractivity contribution < 1.29 is 4.79 Å². The van der Waals surface area contributed by atoms with Crippen molar-refractivity contribution >= 4 is 13.5 Å². The minimum atomic E-state index is -1.74. The van der Waals surface area contributed by atoms with Gasteiger partial charge in [0.1, 0.15) is 13.5 Å². The van der Waals surface area contributed by atoms with Gasteiger partial charge in [0.05, 0.1) is 0 Å². The largest absolute Gasteiger partial charge is 0.305 e. The van der Waals surface area contributed by atoms with Crippen molar-refractivity contribution in [2.24, 2.45) is 11.8 Å². The monoisotopic (exact) mass is 254 g/mol. The molecule has 0 bridgehead atoms. The maximum Gasteiger partial charge on any atom is 0.132 e. The molecule has 0 spiro atoms. The molecule has 17 heavy (non-hydrogen) atoms. The standard InChI is InChI=1S/C15H30OSi/c1-12-7-8-13(11-12)9-10-14(16)17(5,6)15(2,3)4/h12-13H,7-11H2,1-6H3/t12-,13+/m0/s1. The molecule has 0 N–H and O–H groups in total. The number of hydrogen-bond acceptors (Lipinski definition) is 1. The van der Waals surface area contributed by atoms with E-state index in [1.54, 1.807) is 0 Å². The molecule has 0 aromatic rings. The van der Waals surface area contributed by atoms with Gasteiger partial charge in [-0.1, -0.05) is 53.6 Å². The second-order valence-electron chi connectivity index (χ2n) is 7.62. The lowest BCUT2D eigenvalue weighted by molar-refractivity contribution is -0.113. The Morgan fingerprint density at radius 3 is 2.24 bits per heavy atom. The van der Waals surface area contributed by atoms with Crippen molar-refractivity contribution in [3.8, 4) is 0 Å². The molecule has 0 unspecified atom stereocenters. The Kier molecular flexibility index (Phi) is 4.62. The summed E-state index contributed by atoms with van der Waals surface area (Å²) in [6.07, 6.45) is 6.07. The van der Waals surface area contributed by atoms with Gasteiger partial charge in [-0.2, -0.15) is 0 Å². The van der Waals surface area contributed by atoms with Crippen LogP contribution in [0.25, 0.3) is 0 Å². The van der Waals surface area contributed by atoms with E-state index in [0.29, 0.717) is 5.41 Å². The number of carbonyl (C=O) groups excluding carboxylic acids is 1. The van der Waals surface area contributed by atoms with E-state index >= 15 is 0 Å². The topological polar surface area (TPSA) is 17.1 Å². The molecule has 1 aliphatic carbocycles. The summed E-state index contributed by atoms with van der Waals surface area (Å²) < 4.78 is 0. The number of hydrogen-bond donors (Lipinski definition) is 0. The maximum absolute atomic E-state index is 12.4. The molecule has 0 aromatic heterocycles. The third kappa shape index (κ3) is 3.67. The molecule has 1 aliphatic rings. The fourth-order valence-electron chi connectivity index (χ4n) is 2.65. The Hall–Kier alpha value is -0.113. The first-order valence-corrected chi connectivity index (χ1v) is 10.2. The fraction of sp³-hybridized carbons (Fsp3) is 0.933. The second kappa shape index (κ2) is 5.25. The first kappa shape index (κ1) is 14.9. The summed E-state index contributed by atoms with van der Waals surface area (Å²) >= 11 is 0. The molecular weight excluding hydrogens is 224 g/mol. The van der Waals surface area contributed by atoms with E-state index in [4.69, 9.17) is 0 Å². The van der Waals surface area contributed by atoms with Crippen LogP contribution in [0.1, 0.15) is 59.8 Å². The molecule has 0 aromatic carbocycles. The van der Waals surface area contributed by atoms with E-state index < -0.39 is 8.07 Å². The summed E-state index contributed by atoms with van der Waals surface area (Å²) in [5.41, 5.74) is 0. The highest BCUT2D eigenvalue weighted by Gasteiger charge is 2.41. The fourth-order valence-corrected chi connectivity index (χ4v) is 4.26. The van der Waals surface area contributed by atoms with E-state index in [1.165, 1.54) is 19.3 Å². The van der Waals surface area contributed by atoms with Gasteiger partial charge in [0.2, 0.25) is 0 Å². The minimum Gasteiger partial charge on any atom is -0.305 e. The van der Waals surface area contributed by atoms with Crippen LogP contribution in [0.2, 0.25) is 18.1 Å². The summed E-state index contributed by atoms with van der Waals surface area (Å²) in [6.45, 7) is 13.5. The number of rotatable bonds is 4. The summed E-state index contributed by atoms with van der Waals surface area (Å²) in [4.78, 5) is 12.4. The van der Waals surface area contributed by atoms with Crippen LogP contribution in [0, 0.1) is 11.8 Å². The first-order valence-electron chi connectivity index (χ1n) is 7.18. The van der Waals surface area contributed by atoms with Crippen molar-refractivity contribution in [3.05, 3.63) is 0 Å². The molecule has 2 atom stereocenters. The van der Waals surface area contributed by atoms with Crippen LogP contribution >= 0.6 is 0 Å². The molecule has 2 heteroatoms. The van der Waals surface area contributed by atoms with Crippen LogP contribution in [0.3, 0.4) is 0 Å². The third-order valence-electron chi connectivity index (χ3n) is 5.16. The molecule has 0 amide bonds. The van der Waals surface area contributed by atoms with Gasteiger partial charge in [0, 0.05) is 6.42 Å². The van der Waals surface area contributed by atoms with Gasteiger partial charge >= 0.3 is 0 Å². The molecule has 100 valence electrons. The summed E-state index contributed by atoms with van der Waals surface area (Å²) in [5, 5.41) is 0.789. The van der Waals surface area contributed by atoms with Crippen LogP contribution in [-0.2, 0) is 4.79 Å². The zero-order chi connectivity index (χ0) is 13.3. The van der Waals surface area contributed by atoms with E-state index in [0.717, 1.165) is 24.7 Å². The minimum absolute atomic E-state index is 0.201. The quantitative estimate of drug-likeness (QED) is 0.657. The molecule has 1 nitrogen and oxygen atoms in total. The van der Waals surface area contributed by atoms with Crippen LogP contribution < -0.4 is 0 Å². The maximum atomic E-state index is 12.4. The van der Waals surface area contributed by atoms with Crippen molar-refractivity contribution in [1.29, 1.82) is 0 Å². The molecule has 0 aliphatic heterocycles. The van der Waals surface area contributed by atoms with E-state index in [-0.39, 0.29) is 5.04 Å². The van der Waals surface area contributed by atoms with Gasteiger partial charge in [0.25, 0.3) is 0 Å². The predicted molar refractivity (Wildman–Crippen MR) is 77.9 cm³/mol. The molecule has 1 fully saturated rings. The van der Waals surface area contributed by atoms with E-state index in [1.807, 2.05) is 0 Å². The average Bonchev–Trinajstić information content (AvgIpc) is 2.58. The average molecular weight is 254 g/mol. The molecular formula is C15H30OSi. The van der Waals surface area contributed by atoms with E-state index in [2.05, 4.69) is 40.8 Å². The first-order chi connectivity index (χ1) is 7.64. The van der Waals surface area contributed by atoms with Gasteiger partial charge in [0.15, 0.2) is 0 Å². The highest BCUT2D eigenvalue weighted by atomic mass is 28.3. The Bertz CT molecular complexity index is 275. The molecule has 0 radical (unpaired) electrons. The zero-order valence-corrected chi connectivity index (χ0v) is 13.6. The van der Waals surface area contributed by atoms with E-state index in [9.17, 15) is 4.79 Å². The Morgan fingerprint density at radius 2 is 1.82 bits per heavy atom. The molecule has 0 saturated heterocycles. The van der Waals surface area contributed by atoms with Gasteiger partial charge in [-0.25, -0.2) is 0 Å². The van der Waals surface area contributed by atoms with Crippen molar-refractivity contribution in [2.75, 3.05) is 0 Å². The van der Waals surface area contributed by atoms with Gasteiger partial charge in [-0.15, -0.1) is 0 Å². The van der Waals surface area contributed by atoms with Crippen molar-refractivity contribution in [1.82, 2.24) is 0 Å². The van der Waals surface area contributed by atoms with Crippen LogP contribution in [0.5, 0.6) is 0 Å². The van der Waals surface area contributed by atoms with Gasteiger partial charge < -0.3 is 4.79 Å². The zero-order valence-electron chi connectivity index (χ0n) is 12.6. The summed E-state index contributed by atoms with van der Waals surface area (Å²) in [7, 11) is -1.74. The summed E-state index contributed by atoms with van der Waals surface area (Å²) in [6, 6.07) is 0. The molecule has 1 saturated carbocycles. The van der Waals surface area contributed by atoms with Crippen LogP contribution in [0.4, 0.5) is 0 Å². The Morgan fingerprint density at radius 1 is 1.24 bits per heavy atom. The number of carbonyl (C=O) groups is 1. The Labute approximate surface area is 108 Å². The third-order valence-corrected chi connectivity index (χ3v) is 10.5. The SMILES string of the molecule is C[C@H]1CC[C@H](CCC(=O)[Si](C)(C)C(C)(C)C)C1. The predicted octanol–water partition coefficient (Wildman–Crippen LogP) is 4.82. The normalized spacial score (nSPS) is 26.2.